The first-order chi connectivity index (χ1) is 13.2. The molecule has 5 heteroatoms. The number of hydrogen-bond acceptors (Lipinski definition) is 5. The maximum Gasteiger partial charge on any atom is 0.212 e. The minimum atomic E-state index is -0.305. The molecule has 2 aromatic heterocycles. The summed E-state index contributed by atoms with van der Waals surface area (Å²) >= 11 is 0. The highest BCUT2D eigenvalue weighted by atomic mass is 16.1. The van der Waals surface area contributed by atoms with Crippen LogP contribution < -0.4 is 10.6 Å². The van der Waals surface area contributed by atoms with Gasteiger partial charge in [-0.2, -0.15) is 0 Å². The average molecular weight is 358 g/mol. The number of nitrogens with two attached hydrogens (primary N) is 1. The summed E-state index contributed by atoms with van der Waals surface area (Å²) in [7, 11) is 0. The van der Waals surface area contributed by atoms with E-state index in [2.05, 4.69) is 27.0 Å². The highest BCUT2D eigenvalue weighted by Crippen LogP contribution is 2.31. The minimum Gasteiger partial charge on any atom is -0.356 e. The topological polar surface area (TPSA) is 72.1 Å². The summed E-state index contributed by atoms with van der Waals surface area (Å²) in [6.07, 6.45) is 4.92. The molecule has 5 nitrogen and oxygen atoms in total. The van der Waals surface area contributed by atoms with Crippen LogP contribution in [-0.2, 0) is 5.54 Å². The van der Waals surface area contributed by atoms with Crippen molar-refractivity contribution in [3.63, 3.8) is 0 Å². The summed E-state index contributed by atoms with van der Waals surface area (Å²) in [5.74, 6) is 0.708. The third kappa shape index (κ3) is 3.59. The molecule has 4 rings (SSSR count). The summed E-state index contributed by atoms with van der Waals surface area (Å²) < 4.78 is 0. The van der Waals surface area contributed by atoms with E-state index >= 15 is 0 Å². The van der Waals surface area contributed by atoms with Crippen LogP contribution in [0.5, 0.6) is 0 Å². The summed E-state index contributed by atoms with van der Waals surface area (Å²) in [4.78, 5) is 23.4. The quantitative estimate of drug-likeness (QED) is 0.725. The minimum absolute atomic E-state index is 0.112. The highest BCUT2D eigenvalue weighted by Gasteiger charge is 2.32. The maximum atomic E-state index is 12.6. The lowest BCUT2D eigenvalue weighted by Gasteiger charge is -2.40. The number of rotatable bonds is 4. The van der Waals surface area contributed by atoms with Crippen molar-refractivity contribution in [3.05, 3.63) is 89.9 Å². The normalized spacial score (nSPS) is 16.1. The highest BCUT2D eigenvalue weighted by molar-refractivity contribution is 6.07. The Bertz CT molecular complexity index is 919. The fraction of sp³-hybridized carbons (Fsp3) is 0.227. The molecule has 1 aliphatic heterocycles. The summed E-state index contributed by atoms with van der Waals surface area (Å²) in [5.41, 5.74) is 8.53. The number of pyridine rings is 2. The van der Waals surface area contributed by atoms with Crippen LogP contribution in [0, 0.1) is 0 Å². The van der Waals surface area contributed by atoms with Gasteiger partial charge in [0.2, 0.25) is 5.78 Å². The molecule has 2 N–H and O–H groups in total. The van der Waals surface area contributed by atoms with Gasteiger partial charge in [-0.15, -0.1) is 0 Å². The Morgan fingerprint density at radius 1 is 0.963 bits per heavy atom. The molecule has 1 saturated heterocycles. The van der Waals surface area contributed by atoms with Gasteiger partial charge in [-0.25, -0.2) is 4.98 Å². The van der Waals surface area contributed by atoms with Crippen LogP contribution >= 0.6 is 0 Å². The molecule has 27 heavy (non-hydrogen) atoms. The van der Waals surface area contributed by atoms with Crippen molar-refractivity contribution in [2.45, 2.75) is 18.4 Å². The first-order valence-electron chi connectivity index (χ1n) is 9.17. The standard InChI is InChI=1S/C22H22N4O/c23-22(18-7-2-1-3-8-18)11-14-26(15-12-22)20-10-4-9-19(25-20)21(27)17-6-5-13-24-16-17/h1-10,13,16H,11-12,14-15,23H2. The summed E-state index contributed by atoms with van der Waals surface area (Å²) in [6, 6.07) is 19.4. The Morgan fingerprint density at radius 3 is 2.44 bits per heavy atom. The molecule has 0 atom stereocenters. The molecule has 3 heterocycles. The second-order valence-corrected chi connectivity index (χ2v) is 6.96. The van der Waals surface area contributed by atoms with Gasteiger partial charge in [-0.05, 0) is 42.7 Å². The van der Waals surface area contributed by atoms with Crippen molar-refractivity contribution < 1.29 is 4.79 Å². The second-order valence-electron chi connectivity index (χ2n) is 6.96. The maximum absolute atomic E-state index is 12.6. The molecule has 1 aliphatic rings. The summed E-state index contributed by atoms with van der Waals surface area (Å²) in [5, 5.41) is 0. The van der Waals surface area contributed by atoms with E-state index in [4.69, 9.17) is 5.73 Å². The third-order valence-electron chi connectivity index (χ3n) is 5.22. The molecule has 0 amide bonds. The van der Waals surface area contributed by atoms with Crippen molar-refractivity contribution in [1.29, 1.82) is 0 Å². The van der Waals surface area contributed by atoms with Crippen LogP contribution in [0.25, 0.3) is 0 Å². The largest absolute Gasteiger partial charge is 0.356 e. The van der Waals surface area contributed by atoms with Crippen LogP contribution in [0.1, 0.15) is 34.5 Å². The van der Waals surface area contributed by atoms with Crippen LogP contribution in [0.2, 0.25) is 0 Å². The van der Waals surface area contributed by atoms with Gasteiger partial charge in [0.15, 0.2) is 0 Å². The Labute approximate surface area is 158 Å². The Balaban J connectivity index is 1.50. The molecule has 136 valence electrons. The summed E-state index contributed by atoms with van der Waals surface area (Å²) in [6.45, 7) is 1.62. The monoisotopic (exact) mass is 358 g/mol. The predicted molar refractivity (Wildman–Crippen MR) is 106 cm³/mol. The number of carbonyl (C=O) groups is 1. The van der Waals surface area contributed by atoms with Gasteiger partial charge < -0.3 is 10.6 Å². The predicted octanol–water partition coefficient (Wildman–Crippen LogP) is 3.16. The molecule has 0 spiro atoms. The molecule has 0 aliphatic carbocycles. The van der Waals surface area contributed by atoms with E-state index in [0.717, 1.165) is 31.7 Å². The number of aromatic nitrogens is 2. The van der Waals surface area contributed by atoms with E-state index in [1.807, 2.05) is 30.3 Å². The fourth-order valence-electron chi connectivity index (χ4n) is 3.56. The average Bonchev–Trinajstić information content (AvgIpc) is 2.75. The van der Waals surface area contributed by atoms with Crippen molar-refractivity contribution in [1.82, 2.24) is 9.97 Å². The number of ketones is 1. The first-order valence-corrected chi connectivity index (χ1v) is 9.17. The fourth-order valence-corrected chi connectivity index (χ4v) is 3.56. The zero-order chi connectivity index (χ0) is 18.7. The van der Waals surface area contributed by atoms with Gasteiger partial charge >= 0.3 is 0 Å². The van der Waals surface area contributed by atoms with Gasteiger partial charge in [-0.3, -0.25) is 9.78 Å². The third-order valence-corrected chi connectivity index (χ3v) is 5.22. The molecule has 1 fully saturated rings. The van der Waals surface area contributed by atoms with E-state index in [0.29, 0.717) is 11.3 Å². The number of anilines is 1. The molecule has 0 unspecified atom stereocenters. The zero-order valence-corrected chi connectivity index (χ0v) is 15.1. The van der Waals surface area contributed by atoms with Gasteiger partial charge in [0, 0.05) is 36.6 Å². The van der Waals surface area contributed by atoms with Crippen LogP contribution in [0.15, 0.2) is 73.1 Å². The van der Waals surface area contributed by atoms with E-state index in [9.17, 15) is 4.79 Å². The van der Waals surface area contributed by atoms with Gasteiger partial charge in [0.05, 0.1) is 0 Å². The van der Waals surface area contributed by atoms with E-state index in [1.165, 1.54) is 5.56 Å². The molecular weight excluding hydrogens is 336 g/mol. The Morgan fingerprint density at radius 2 is 1.74 bits per heavy atom. The van der Waals surface area contributed by atoms with Crippen molar-refractivity contribution in [3.8, 4) is 0 Å². The molecular formula is C22H22N4O. The van der Waals surface area contributed by atoms with Gasteiger partial charge in [-0.1, -0.05) is 36.4 Å². The first kappa shape index (κ1) is 17.4. The SMILES string of the molecule is NC1(c2ccccc2)CCN(c2cccc(C(=O)c3cccnc3)n2)CC1. The van der Waals surface area contributed by atoms with Crippen molar-refractivity contribution >= 4 is 11.6 Å². The second kappa shape index (κ2) is 7.29. The van der Waals surface area contributed by atoms with Gasteiger partial charge in [0.25, 0.3) is 0 Å². The van der Waals surface area contributed by atoms with E-state index in [-0.39, 0.29) is 11.3 Å². The van der Waals surface area contributed by atoms with Crippen LogP contribution in [0.4, 0.5) is 5.82 Å². The number of hydrogen-bond donors (Lipinski definition) is 1. The molecule has 1 aromatic carbocycles. The van der Waals surface area contributed by atoms with E-state index in [1.54, 1.807) is 30.6 Å². The Hall–Kier alpha value is -3.05. The molecule has 0 saturated carbocycles. The molecule has 0 bridgehead atoms. The molecule has 3 aromatic rings. The van der Waals surface area contributed by atoms with Crippen molar-refractivity contribution in [2.75, 3.05) is 18.0 Å². The lowest BCUT2D eigenvalue weighted by molar-refractivity contribution is 0.103. The zero-order valence-electron chi connectivity index (χ0n) is 15.1. The molecule has 0 radical (unpaired) electrons. The van der Waals surface area contributed by atoms with Gasteiger partial charge in [0.1, 0.15) is 11.5 Å². The van der Waals surface area contributed by atoms with Crippen LogP contribution in [-0.4, -0.2) is 28.8 Å². The lowest BCUT2D eigenvalue weighted by Crippen LogP contribution is -2.48. The number of piperidine rings is 1. The van der Waals surface area contributed by atoms with E-state index < -0.39 is 0 Å². The smallest absolute Gasteiger partial charge is 0.212 e. The number of nitrogens with zero attached hydrogens (tertiary/aromatic N) is 3. The Kier molecular flexibility index (Phi) is 4.69. The number of carbonyl (C=O) groups excluding carboxylic acids is 1. The van der Waals surface area contributed by atoms with Crippen LogP contribution in [0.3, 0.4) is 0 Å². The lowest BCUT2D eigenvalue weighted by atomic mass is 9.82. The number of benzene rings is 1. The van der Waals surface area contributed by atoms with Crippen molar-refractivity contribution in [2.24, 2.45) is 5.73 Å².